The Balaban J connectivity index is 1.98. The van der Waals surface area contributed by atoms with Gasteiger partial charge in [0.2, 0.25) is 0 Å². The van der Waals surface area contributed by atoms with E-state index in [1.165, 1.54) is 5.56 Å². The van der Waals surface area contributed by atoms with E-state index < -0.39 is 6.10 Å². The molecule has 1 unspecified atom stereocenters. The minimum absolute atomic E-state index is 0.0882. The van der Waals surface area contributed by atoms with Crippen molar-refractivity contribution in [1.29, 1.82) is 0 Å². The maximum absolute atomic E-state index is 10.7. The summed E-state index contributed by atoms with van der Waals surface area (Å²) in [6.45, 7) is 2.03. The number of aromatic nitrogens is 1. The van der Waals surface area contributed by atoms with Crippen LogP contribution in [0.1, 0.15) is 35.6 Å². The number of aliphatic hydroxyl groups excluding tert-OH is 1. The summed E-state index contributed by atoms with van der Waals surface area (Å²) in [4.78, 5) is 4.14. The van der Waals surface area contributed by atoms with Crippen LogP contribution >= 0.6 is 0 Å². The summed E-state index contributed by atoms with van der Waals surface area (Å²) in [5.74, 6) is 0. The standard InChI is InChI=1S/C16H17NO/c1-12-7-10-17-11-14(12)15(18)16(8-9-16)13-5-3-2-4-6-13/h2-7,10-11,15,18H,8-9H2,1H3. The average Bonchev–Trinajstić information content (AvgIpc) is 3.21. The van der Waals surface area contributed by atoms with Gasteiger partial charge in [0.05, 0.1) is 6.10 Å². The van der Waals surface area contributed by atoms with E-state index in [1.807, 2.05) is 31.2 Å². The molecule has 1 aliphatic rings. The summed E-state index contributed by atoms with van der Waals surface area (Å²) in [7, 11) is 0. The van der Waals surface area contributed by atoms with Crippen molar-refractivity contribution < 1.29 is 5.11 Å². The van der Waals surface area contributed by atoms with Crippen LogP contribution in [0.25, 0.3) is 0 Å². The van der Waals surface area contributed by atoms with Gasteiger partial charge in [-0.2, -0.15) is 0 Å². The Bertz CT molecular complexity index is 546. The van der Waals surface area contributed by atoms with Crippen LogP contribution in [-0.2, 0) is 5.41 Å². The quantitative estimate of drug-likeness (QED) is 0.892. The van der Waals surface area contributed by atoms with Gasteiger partial charge in [-0.05, 0) is 37.0 Å². The second kappa shape index (κ2) is 4.21. The SMILES string of the molecule is Cc1ccncc1C(O)C1(c2ccccc2)CC1. The molecule has 1 aromatic heterocycles. The van der Waals surface area contributed by atoms with Gasteiger partial charge in [0, 0.05) is 23.4 Å². The van der Waals surface area contributed by atoms with Crippen LogP contribution in [0.4, 0.5) is 0 Å². The van der Waals surface area contributed by atoms with Gasteiger partial charge in [-0.1, -0.05) is 30.3 Å². The molecule has 18 heavy (non-hydrogen) atoms. The number of benzene rings is 1. The smallest absolute Gasteiger partial charge is 0.0903 e. The third-order valence-electron chi connectivity index (χ3n) is 4.03. The van der Waals surface area contributed by atoms with Crippen LogP contribution in [0.15, 0.2) is 48.8 Å². The number of aryl methyl sites for hydroxylation is 1. The van der Waals surface area contributed by atoms with Crippen molar-refractivity contribution in [2.75, 3.05) is 0 Å². The first-order valence-corrected chi connectivity index (χ1v) is 6.38. The number of nitrogens with zero attached hydrogens (tertiary/aromatic N) is 1. The van der Waals surface area contributed by atoms with Crippen LogP contribution in [0.2, 0.25) is 0 Å². The summed E-state index contributed by atoms with van der Waals surface area (Å²) >= 11 is 0. The van der Waals surface area contributed by atoms with Crippen molar-refractivity contribution in [1.82, 2.24) is 4.98 Å². The van der Waals surface area contributed by atoms with Crippen LogP contribution in [0.5, 0.6) is 0 Å². The van der Waals surface area contributed by atoms with Crippen LogP contribution in [0.3, 0.4) is 0 Å². The van der Waals surface area contributed by atoms with E-state index in [0.29, 0.717) is 0 Å². The van der Waals surface area contributed by atoms with Gasteiger partial charge < -0.3 is 5.11 Å². The average molecular weight is 239 g/mol. The van der Waals surface area contributed by atoms with Crippen molar-refractivity contribution in [2.24, 2.45) is 0 Å². The first-order valence-electron chi connectivity index (χ1n) is 6.38. The zero-order valence-electron chi connectivity index (χ0n) is 10.5. The molecular formula is C16H17NO. The van der Waals surface area contributed by atoms with E-state index in [9.17, 15) is 5.11 Å². The number of hydrogen-bond donors (Lipinski definition) is 1. The molecule has 0 amide bonds. The highest BCUT2D eigenvalue weighted by molar-refractivity contribution is 5.38. The molecule has 92 valence electrons. The lowest BCUT2D eigenvalue weighted by atomic mass is 9.85. The summed E-state index contributed by atoms with van der Waals surface area (Å²) in [5, 5.41) is 10.7. The van der Waals surface area contributed by atoms with E-state index in [0.717, 1.165) is 24.0 Å². The predicted octanol–water partition coefficient (Wildman–Crippen LogP) is 3.16. The lowest BCUT2D eigenvalue weighted by molar-refractivity contribution is 0.132. The van der Waals surface area contributed by atoms with Gasteiger partial charge in [-0.25, -0.2) is 0 Å². The molecule has 1 fully saturated rings. The second-order valence-electron chi connectivity index (χ2n) is 5.16. The minimum atomic E-state index is -0.450. The molecule has 1 N–H and O–H groups in total. The molecule has 3 rings (SSSR count). The van der Waals surface area contributed by atoms with Gasteiger partial charge >= 0.3 is 0 Å². The van der Waals surface area contributed by atoms with E-state index in [-0.39, 0.29) is 5.41 Å². The Morgan fingerprint density at radius 2 is 1.89 bits per heavy atom. The van der Waals surface area contributed by atoms with Crippen molar-refractivity contribution >= 4 is 0 Å². The van der Waals surface area contributed by atoms with Crippen LogP contribution in [-0.4, -0.2) is 10.1 Å². The highest BCUT2D eigenvalue weighted by atomic mass is 16.3. The maximum Gasteiger partial charge on any atom is 0.0903 e. The van der Waals surface area contributed by atoms with E-state index >= 15 is 0 Å². The molecule has 0 saturated heterocycles. The molecule has 2 heteroatoms. The van der Waals surface area contributed by atoms with Gasteiger partial charge in [0.25, 0.3) is 0 Å². The molecule has 0 bridgehead atoms. The molecule has 1 aliphatic carbocycles. The third kappa shape index (κ3) is 1.73. The lowest BCUT2D eigenvalue weighted by Gasteiger charge is -2.24. The molecule has 2 nitrogen and oxygen atoms in total. The topological polar surface area (TPSA) is 33.1 Å². The normalized spacial score (nSPS) is 18.3. The summed E-state index contributed by atoms with van der Waals surface area (Å²) in [6.07, 6.45) is 5.21. The summed E-state index contributed by atoms with van der Waals surface area (Å²) < 4.78 is 0. The molecule has 1 aromatic carbocycles. The largest absolute Gasteiger partial charge is 0.387 e. The molecule has 0 spiro atoms. The van der Waals surface area contributed by atoms with Gasteiger partial charge in [-0.15, -0.1) is 0 Å². The van der Waals surface area contributed by atoms with Crippen molar-refractivity contribution in [3.63, 3.8) is 0 Å². The van der Waals surface area contributed by atoms with Gasteiger partial charge in [0.15, 0.2) is 0 Å². The van der Waals surface area contributed by atoms with Gasteiger partial charge in [0.1, 0.15) is 0 Å². The zero-order valence-corrected chi connectivity index (χ0v) is 10.5. The Morgan fingerprint density at radius 1 is 1.17 bits per heavy atom. The Hall–Kier alpha value is -1.67. The lowest BCUT2D eigenvalue weighted by Crippen LogP contribution is -2.19. The number of hydrogen-bond acceptors (Lipinski definition) is 2. The van der Waals surface area contributed by atoms with E-state index in [4.69, 9.17) is 0 Å². The zero-order chi connectivity index (χ0) is 12.6. The molecular weight excluding hydrogens is 222 g/mol. The molecule has 1 saturated carbocycles. The monoisotopic (exact) mass is 239 g/mol. The van der Waals surface area contributed by atoms with E-state index in [2.05, 4.69) is 17.1 Å². The Kier molecular flexibility index (Phi) is 2.67. The summed E-state index contributed by atoms with van der Waals surface area (Å²) in [5.41, 5.74) is 3.22. The van der Waals surface area contributed by atoms with Crippen molar-refractivity contribution in [2.45, 2.75) is 31.3 Å². The highest BCUT2D eigenvalue weighted by Gasteiger charge is 2.51. The molecule has 0 radical (unpaired) electrons. The van der Waals surface area contributed by atoms with E-state index in [1.54, 1.807) is 12.4 Å². The fraction of sp³-hybridized carbons (Fsp3) is 0.312. The molecule has 1 atom stereocenters. The molecule has 0 aliphatic heterocycles. The highest BCUT2D eigenvalue weighted by Crippen LogP contribution is 2.56. The Morgan fingerprint density at radius 3 is 2.50 bits per heavy atom. The fourth-order valence-corrected chi connectivity index (χ4v) is 2.68. The third-order valence-corrected chi connectivity index (χ3v) is 4.03. The second-order valence-corrected chi connectivity index (χ2v) is 5.16. The summed E-state index contributed by atoms with van der Waals surface area (Å²) in [6, 6.07) is 12.3. The first kappa shape index (κ1) is 11.4. The number of rotatable bonds is 3. The number of pyridine rings is 1. The van der Waals surface area contributed by atoms with Crippen LogP contribution in [0, 0.1) is 6.92 Å². The predicted molar refractivity (Wildman–Crippen MR) is 71.3 cm³/mol. The first-order chi connectivity index (χ1) is 8.74. The molecule has 2 aromatic rings. The fourth-order valence-electron chi connectivity index (χ4n) is 2.68. The minimum Gasteiger partial charge on any atom is -0.387 e. The van der Waals surface area contributed by atoms with Crippen molar-refractivity contribution in [3.8, 4) is 0 Å². The maximum atomic E-state index is 10.7. The van der Waals surface area contributed by atoms with Gasteiger partial charge in [-0.3, -0.25) is 4.98 Å². The Labute approximate surface area is 107 Å². The number of aliphatic hydroxyl groups is 1. The molecule has 1 heterocycles. The van der Waals surface area contributed by atoms with Crippen LogP contribution < -0.4 is 0 Å². The van der Waals surface area contributed by atoms with Crippen molar-refractivity contribution in [3.05, 3.63) is 65.5 Å².